The molecule has 1 fully saturated rings. The van der Waals surface area contributed by atoms with Crippen LogP contribution in [0.2, 0.25) is 0 Å². The van der Waals surface area contributed by atoms with E-state index in [2.05, 4.69) is 5.10 Å². The lowest BCUT2D eigenvalue weighted by molar-refractivity contribution is -0.141. The number of Topliss-reactive ketones (excluding diaryl/α,β-unsaturated/α-hetero) is 1. The molecule has 8 heteroatoms. The van der Waals surface area contributed by atoms with Crippen molar-refractivity contribution < 1.29 is 23.6 Å². The number of aromatic nitrogens is 2. The minimum Gasteiger partial charge on any atom is -0.468 e. The molecule has 0 N–H and O–H groups in total. The van der Waals surface area contributed by atoms with Gasteiger partial charge in [0, 0.05) is 12.3 Å². The van der Waals surface area contributed by atoms with Crippen LogP contribution in [-0.2, 0) is 25.4 Å². The predicted octanol–water partition coefficient (Wildman–Crippen LogP) is 1.71. The molecule has 0 spiro atoms. The van der Waals surface area contributed by atoms with E-state index in [1.807, 2.05) is 45.9 Å². The van der Waals surface area contributed by atoms with E-state index in [1.54, 1.807) is 0 Å². The fourth-order valence-electron chi connectivity index (χ4n) is 2.89. The molecule has 1 aromatic heterocycles. The van der Waals surface area contributed by atoms with Gasteiger partial charge in [0.2, 0.25) is 0 Å². The maximum absolute atomic E-state index is 12.0. The highest BCUT2D eigenvalue weighted by molar-refractivity contribution is 6.62. The summed E-state index contributed by atoms with van der Waals surface area (Å²) in [5.74, 6) is -0.607. The van der Waals surface area contributed by atoms with Gasteiger partial charge in [0.15, 0.2) is 5.78 Å². The van der Waals surface area contributed by atoms with Crippen molar-refractivity contribution in [3.63, 3.8) is 0 Å². The van der Waals surface area contributed by atoms with Crippen LogP contribution in [0.15, 0.2) is 18.2 Å². The van der Waals surface area contributed by atoms with Gasteiger partial charge in [0.1, 0.15) is 12.2 Å². The van der Waals surface area contributed by atoms with Gasteiger partial charge in [-0.05, 0) is 39.2 Å². The molecule has 26 heavy (non-hydrogen) atoms. The quantitative estimate of drug-likeness (QED) is 0.470. The summed E-state index contributed by atoms with van der Waals surface area (Å²) in [5.41, 5.74) is 0.885. The molecule has 1 aliphatic rings. The Kier molecular flexibility index (Phi) is 4.44. The number of carbonyl (C=O) groups is 2. The summed E-state index contributed by atoms with van der Waals surface area (Å²) in [6, 6.07) is 5.52. The number of hydrogen-bond donors (Lipinski definition) is 0. The number of nitrogens with zero attached hydrogens (tertiary/aromatic N) is 2. The fourth-order valence-corrected chi connectivity index (χ4v) is 2.89. The van der Waals surface area contributed by atoms with Crippen molar-refractivity contribution in [2.75, 3.05) is 7.11 Å². The molecule has 0 bridgehead atoms. The van der Waals surface area contributed by atoms with Gasteiger partial charge in [-0.1, -0.05) is 12.1 Å². The Bertz CT molecular complexity index is 871. The summed E-state index contributed by atoms with van der Waals surface area (Å²) < 4.78 is 18.3. The second-order valence-corrected chi connectivity index (χ2v) is 7.50. The minimum absolute atomic E-state index is 0.0594. The first kappa shape index (κ1) is 18.6. The van der Waals surface area contributed by atoms with Crippen molar-refractivity contribution >= 4 is 35.2 Å². The average Bonchev–Trinajstić information content (AvgIpc) is 3.01. The molecule has 1 saturated heterocycles. The summed E-state index contributed by atoms with van der Waals surface area (Å²) in [5, 5.41) is 4.95. The topological polar surface area (TPSA) is 79.7 Å². The molecule has 0 aliphatic carbocycles. The zero-order chi connectivity index (χ0) is 19.3. The zero-order valence-electron chi connectivity index (χ0n) is 16.0. The van der Waals surface area contributed by atoms with Crippen LogP contribution >= 0.6 is 0 Å². The number of hydrogen-bond acceptors (Lipinski definition) is 6. The van der Waals surface area contributed by atoms with E-state index in [0.717, 1.165) is 5.46 Å². The van der Waals surface area contributed by atoms with Crippen molar-refractivity contribution in [2.24, 2.45) is 0 Å². The van der Waals surface area contributed by atoms with E-state index in [9.17, 15) is 9.59 Å². The van der Waals surface area contributed by atoms with E-state index in [0.29, 0.717) is 16.6 Å². The lowest BCUT2D eigenvalue weighted by Gasteiger charge is -2.32. The third-order valence-electron chi connectivity index (χ3n) is 5.14. The van der Waals surface area contributed by atoms with E-state index in [1.165, 1.54) is 18.7 Å². The maximum atomic E-state index is 12.0. The standard InChI is InChI=1S/C18H23BN2O5/c1-11(22)16-13-9-12(19-25-17(2,3)18(4,5)26-19)7-8-14(13)21(20-16)10-15(23)24-6/h7-9H,10H2,1-6H3. The molecule has 2 heterocycles. The summed E-state index contributed by atoms with van der Waals surface area (Å²) in [4.78, 5) is 23.6. The van der Waals surface area contributed by atoms with Gasteiger partial charge in [-0.2, -0.15) is 5.10 Å². The summed E-state index contributed by atoms with van der Waals surface area (Å²) >= 11 is 0. The first-order valence-electron chi connectivity index (χ1n) is 8.49. The minimum atomic E-state index is -0.534. The van der Waals surface area contributed by atoms with Crippen LogP contribution in [0.4, 0.5) is 0 Å². The molecule has 138 valence electrons. The Labute approximate surface area is 152 Å². The van der Waals surface area contributed by atoms with Crippen LogP contribution in [0, 0.1) is 0 Å². The van der Waals surface area contributed by atoms with Crippen molar-refractivity contribution in [3.8, 4) is 0 Å². The summed E-state index contributed by atoms with van der Waals surface area (Å²) in [6.07, 6.45) is 0. The number of ether oxygens (including phenoxy) is 1. The number of fused-ring (bicyclic) bond motifs is 1. The van der Waals surface area contributed by atoms with Gasteiger partial charge in [0.05, 0.1) is 23.8 Å². The van der Waals surface area contributed by atoms with Crippen molar-refractivity contribution in [1.29, 1.82) is 0 Å². The molecule has 7 nitrogen and oxygen atoms in total. The molecule has 1 aliphatic heterocycles. The van der Waals surface area contributed by atoms with Crippen LogP contribution in [0.25, 0.3) is 10.9 Å². The Morgan fingerprint density at radius 2 is 1.81 bits per heavy atom. The van der Waals surface area contributed by atoms with Gasteiger partial charge in [-0.25, -0.2) is 0 Å². The third kappa shape index (κ3) is 3.03. The number of rotatable bonds is 4. The van der Waals surface area contributed by atoms with Gasteiger partial charge in [-0.15, -0.1) is 0 Å². The van der Waals surface area contributed by atoms with E-state index in [-0.39, 0.29) is 12.3 Å². The Hall–Kier alpha value is -2.19. The normalized spacial score (nSPS) is 18.3. The highest BCUT2D eigenvalue weighted by atomic mass is 16.7. The Morgan fingerprint density at radius 3 is 2.35 bits per heavy atom. The number of esters is 1. The van der Waals surface area contributed by atoms with Crippen LogP contribution in [0.1, 0.15) is 45.1 Å². The van der Waals surface area contributed by atoms with Crippen LogP contribution < -0.4 is 5.46 Å². The van der Waals surface area contributed by atoms with Crippen molar-refractivity contribution in [3.05, 3.63) is 23.9 Å². The first-order chi connectivity index (χ1) is 12.1. The Morgan fingerprint density at radius 1 is 1.19 bits per heavy atom. The first-order valence-corrected chi connectivity index (χ1v) is 8.49. The number of carbonyl (C=O) groups excluding carboxylic acids is 2. The smallest absolute Gasteiger partial charge is 0.468 e. The van der Waals surface area contributed by atoms with E-state index < -0.39 is 24.3 Å². The Balaban J connectivity index is 2.05. The van der Waals surface area contributed by atoms with Gasteiger partial charge in [-0.3, -0.25) is 14.3 Å². The zero-order valence-corrected chi connectivity index (χ0v) is 16.0. The van der Waals surface area contributed by atoms with Crippen molar-refractivity contribution in [2.45, 2.75) is 52.4 Å². The maximum Gasteiger partial charge on any atom is 0.494 e. The molecule has 1 aromatic carbocycles. The summed E-state index contributed by atoms with van der Waals surface area (Å²) in [6.45, 7) is 9.34. The fraction of sp³-hybridized carbons (Fsp3) is 0.500. The second kappa shape index (κ2) is 6.21. The predicted molar refractivity (Wildman–Crippen MR) is 97.5 cm³/mol. The van der Waals surface area contributed by atoms with Gasteiger partial charge in [0.25, 0.3) is 0 Å². The highest BCUT2D eigenvalue weighted by Crippen LogP contribution is 2.36. The van der Waals surface area contributed by atoms with Gasteiger partial charge >= 0.3 is 13.1 Å². The summed E-state index contributed by atoms with van der Waals surface area (Å²) in [7, 11) is 0.782. The largest absolute Gasteiger partial charge is 0.494 e. The lowest BCUT2D eigenvalue weighted by atomic mass is 9.78. The van der Waals surface area contributed by atoms with E-state index >= 15 is 0 Å². The molecule has 0 amide bonds. The molecule has 0 radical (unpaired) electrons. The van der Waals surface area contributed by atoms with E-state index in [4.69, 9.17) is 14.0 Å². The average molecular weight is 358 g/mol. The van der Waals surface area contributed by atoms with Gasteiger partial charge < -0.3 is 14.0 Å². The monoisotopic (exact) mass is 358 g/mol. The number of methoxy groups -OCH3 is 1. The molecule has 0 unspecified atom stereocenters. The molecular formula is C18H23BN2O5. The molecule has 3 rings (SSSR count). The van der Waals surface area contributed by atoms with Crippen LogP contribution in [0.3, 0.4) is 0 Å². The molecule has 0 saturated carbocycles. The highest BCUT2D eigenvalue weighted by Gasteiger charge is 2.51. The SMILES string of the molecule is COC(=O)Cn1nc(C(C)=O)c2cc(B3OC(C)(C)C(C)(C)O3)ccc21. The molecule has 0 atom stereocenters. The van der Waals surface area contributed by atoms with Crippen LogP contribution in [-0.4, -0.2) is 47.0 Å². The molecular weight excluding hydrogens is 335 g/mol. The second-order valence-electron chi connectivity index (χ2n) is 7.50. The van der Waals surface area contributed by atoms with Crippen LogP contribution in [0.5, 0.6) is 0 Å². The molecule has 2 aromatic rings. The number of benzene rings is 1. The third-order valence-corrected chi connectivity index (χ3v) is 5.14. The van der Waals surface area contributed by atoms with Crippen molar-refractivity contribution in [1.82, 2.24) is 9.78 Å². The lowest BCUT2D eigenvalue weighted by Crippen LogP contribution is -2.41. The number of ketones is 1.